The smallest absolute Gasteiger partial charge is 0.231 e. The molecule has 5 rings (SSSR count). The van der Waals surface area contributed by atoms with E-state index in [1.165, 1.54) is 0 Å². The van der Waals surface area contributed by atoms with Crippen LogP contribution in [-0.2, 0) is 11.1 Å². The van der Waals surface area contributed by atoms with Gasteiger partial charge in [-0.2, -0.15) is 0 Å². The van der Waals surface area contributed by atoms with Gasteiger partial charge in [-0.3, -0.25) is 0 Å². The van der Waals surface area contributed by atoms with Crippen molar-refractivity contribution in [2.75, 3.05) is 26.4 Å². The van der Waals surface area contributed by atoms with E-state index in [1.807, 2.05) is 65.6 Å². The minimum atomic E-state index is -2.08. The first-order chi connectivity index (χ1) is 17.7. The zero-order valence-electron chi connectivity index (χ0n) is 23.3. The Balaban J connectivity index is 1.38. The standard InChI is InChI=1S/C27H29NO3/c1-3-8-22(9-4-1)27(23-10-5-2-6-11-23)31-24-12-7-16-28(19-24)17-15-21-13-14-25-26(18-21)30-20-29-25/h1-6,8-11,13-14,18,24,27H,7,12,15-17,19-20H2/t24-/m1/s1/i13D,14D,15D2,18D,27D. The molecule has 0 aliphatic carbocycles. The van der Waals surface area contributed by atoms with Crippen molar-refractivity contribution in [2.24, 2.45) is 0 Å². The first kappa shape index (κ1) is 14.3. The Kier molecular flexibility index (Phi) is 4.40. The van der Waals surface area contributed by atoms with E-state index in [-0.39, 0.29) is 54.6 Å². The van der Waals surface area contributed by atoms with E-state index >= 15 is 0 Å². The van der Waals surface area contributed by atoms with Crippen molar-refractivity contribution in [1.82, 2.24) is 4.90 Å². The molecule has 160 valence electrons. The van der Waals surface area contributed by atoms with Gasteiger partial charge < -0.3 is 19.1 Å². The van der Waals surface area contributed by atoms with Gasteiger partial charge in [0.25, 0.3) is 0 Å². The van der Waals surface area contributed by atoms with Crippen molar-refractivity contribution in [3.63, 3.8) is 0 Å². The van der Waals surface area contributed by atoms with E-state index in [2.05, 4.69) is 0 Å². The molecule has 1 atom stereocenters. The second kappa shape index (κ2) is 9.54. The monoisotopic (exact) mass is 421 g/mol. The fourth-order valence-corrected chi connectivity index (χ4v) is 3.91. The Bertz CT molecular complexity index is 1220. The highest BCUT2D eigenvalue weighted by atomic mass is 16.7. The molecule has 0 spiro atoms. The van der Waals surface area contributed by atoms with Crippen molar-refractivity contribution >= 4 is 0 Å². The van der Waals surface area contributed by atoms with E-state index in [0.717, 1.165) is 24.0 Å². The maximum atomic E-state index is 9.36. The van der Waals surface area contributed by atoms with Crippen LogP contribution in [0.3, 0.4) is 0 Å². The third kappa shape index (κ3) is 4.92. The summed E-state index contributed by atoms with van der Waals surface area (Å²) in [5, 5.41) is 0. The predicted molar refractivity (Wildman–Crippen MR) is 122 cm³/mol. The topological polar surface area (TPSA) is 30.9 Å². The Morgan fingerprint density at radius 3 is 2.48 bits per heavy atom. The first-order valence-electron chi connectivity index (χ1n) is 13.6. The summed E-state index contributed by atoms with van der Waals surface area (Å²) in [5.41, 5.74) is 1.26. The SMILES string of the molecule is [2H]c1c([2H])c(C([2H])([2H])CN2CCC[C@@H](OC([2H])(c3ccccc3)c3ccccc3)C2)c([2H])c2c1OCO2. The van der Waals surface area contributed by atoms with Crippen LogP contribution in [0.15, 0.2) is 78.8 Å². The Morgan fingerprint density at radius 2 is 1.74 bits per heavy atom. The summed E-state index contributed by atoms with van der Waals surface area (Å²) in [6.45, 7) is 0.798. The summed E-state index contributed by atoms with van der Waals surface area (Å²) in [7, 11) is 0. The van der Waals surface area contributed by atoms with Crippen LogP contribution in [0.1, 0.15) is 43.8 Å². The number of ether oxygens (including phenoxy) is 3. The lowest BCUT2D eigenvalue weighted by Gasteiger charge is -2.35. The second-order valence-corrected chi connectivity index (χ2v) is 7.67. The molecule has 0 amide bonds. The highest BCUT2D eigenvalue weighted by Crippen LogP contribution is 2.33. The number of hydrogen-bond donors (Lipinski definition) is 0. The lowest BCUT2D eigenvalue weighted by Crippen LogP contribution is -2.41. The van der Waals surface area contributed by atoms with Gasteiger partial charge in [-0.05, 0) is 54.5 Å². The molecule has 0 bridgehead atoms. The lowest BCUT2D eigenvalue weighted by atomic mass is 10.00. The molecular weight excluding hydrogens is 386 g/mol. The molecule has 31 heavy (non-hydrogen) atoms. The van der Waals surface area contributed by atoms with E-state index in [4.69, 9.17) is 21.1 Å². The number of hydrogen-bond acceptors (Lipinski definition) is 4. The van der Waals surface area contributed by atoms with Gasteiger partial charge in [0.15, 0.2) is 11.5 Å². The largest absolute Gasteiger partial charge is 0.454 e. The summed E-state index contributed by atoms with van der Waals surface area (Å²) in [6.07, 6.45) is -2.34. The molecule has 4 heteroatoms. The van der Waals surface area contributed by atoms with Crippen LogP contribution < -0.4 is 9.47 Å². The van der Waals surface area contributed by atoms with E-state index in [1.54, 1.807) is 0 Å². The summed E-state index contributed by atoms with van der Waals surface area (Å²) < 4.78 is 69.0. The number of nitrogens with zero attached hydrogens (tertiary/aromatic N) is 1. The zero-order valence-corrected chi connectivity index (χ0v) is 17.3. The highest BCUT2D eigenvalue weighted by Gasteiger charge is 2.25. The highest BCUT2D eigenvalue weighted by molar-refractivity contribution is 5.44. The number of benzene rings is 3. The average Bonchev–Trinajstić information content (AvgIpc) is 3.39. The predicted octanol–water partition coefficient (Wildman–Crippen LogP) is 5.23. The third-order valence-electron chi connectivity index (χ3n) is 5.45. The lowest BCUT2D eigenvalue weighted by molar-refractivity contribution is -0.0330. The van der Waals surface area contributed by atoms with Crippen molar-refractivity contribution < 1.29 is 22.4 Å². The van der Waals surface area contributed by atoms with Gasteiger partial charge in [0.1, 0.15) is 6.08 Å². The van der Waals surface area contributed by atoms with Crippen molar-refractivity contribution in [3.8, 4) is 11.5 Å². The van der Waals surface area contributed by atoms with Crippen LogP contribution in [-0.4, -0.2) is 37.4 Å². The number of rotatable bonds is 7. The Labute approximate surface area is 192 Å². The summed E-state index contributed by atoms with van der Waals surface area (Å²) in [5.74, 6) is 0.0408. The molecule has 0 N–H and O–H groups in total. The fourth-order valence-electron chi connectivity index (χ4n) is 3.91. The number of likely N-dealkylation sites (tertiary alicyclic amines) is 1. The van der Waals surface area contributed by atoms with Gasteiger partial charge in [-0.15, -0.1) is 0 Å². The fraction of sp³-hybridized carbons (Fsp3) is 0.333. The number of piperidine rings is 1. The average molecular weight is 422 g/mol. The van der Waals surface area contributed by atoms with Crippen LogP contribution >= 0.6 is 0 Å². The Hall–Kier alpha value is -2.82. The maximum Gasteiger partial charge on any atom is 0.231 e. The minimum absolute atomic E-state index is 0.0180. The molecule has 2 heterocycles. The molecular formula is C27H29NO3. The van der Waals surface area contributed by atoms with Gasteiger partial charge in [-0.1, -0.05) is 66.7 Å². The molecule has 0 unspecified atom stereocenters. The van der Waals surface area contributed by atoms with Gasteiger partial charge >= 0.3 is 0 Å². The molecule has 2 aliphatic rings. The second-order valence-electron chi connectivity index (χ2n) is 7.67. The molecule has 2 aliphatic heterocycles. The van der Waals surface area contributed by atoms with Crippen molar-refractivity contribution in [1.29, 1.82) is 0 Å². The van der Waals surface area contributed by atoms with E-state index < -0.39 is 12.5 Å². The first-order valence-corrected chi connectivity index (χ1v) is 10.6. The van der Waals surface area contributed by atoms with Gasteiger partial charge in [0, 0.05) is 15.8 Å². The summed E-state index contributed by atoms with van der Waals surface area (Å²) in [6, 6.07) is 18.0. The maximum absolute atomic E-state index is 9.36. The molecule has 0 radical (unpaired) electrons. The molecule has 1 saturated heterocycles. The molecule has 0 aromatic heterocycles. The van der Waals surface area contributed by atoms with Crippen molar-refractivity contribution in [3.05, 3.63) is 95.5 Å². The molecule has 1 fully saturated rings. The van der Waals surface area contributed by atoms with Gasteiger partial charge in [0.05, 0.1) is 11.6 Å². The quantitative estimate of drug-likeness (QED) is 0.523. The minimum Gasteiger partial charge on any atom is -0.454 e. The normalized spacial score (nSPS) is 22.0. The number of fused-ring (bicyclic) bond motifs is 1. The zero-order chi connectivity index (χ0) is 26.2. The molecule has 4 nitrogen and oxygen atoms in total. The molecule has 0 saturated carbocycles. The van der Waals surface area contributed by atoms with Crippen LogP contribution in [0.5, 0.6) is 11.5 Å². The van der Waals surface area contributed by atoms with Crippen molar-refractivity contribution in [2.45, 2.75) is 31.4 Å². The van der Waals surface area contributed by atoms with Crippen LogP contribution in [0.2, 0.25) is 0 Å². The summed E-state index contributed by atoms with van der Waals surface area (Å²) >= 11 is 0. The van der Waals surface area contributed by atoms with E-state index in [0.29, 0.717) is 13.1 Å². The van der Waals surface area contributed by atoms with Gasteiger partial charge in [-0.25, -0.2) is 0 Å². The Morgan fingerprint density at radius 1 is 1.03 bits per heavy atom. The van der Waals surface area contributed by atoms with Crippen LogP contribution in [0, 0.1) is 0 Å². The molecule has 3 aromatic carbocycles. The van der Waals surface area contributed by atoms with Gasteiger partial charge in [0.2, 0.25) is 6.79 Å². The van der Waals surface area contributed by atoms with E-state index in [9.17, 15) is 1.37 Å². The third-order valence-corrected chi connectivity index (χ3v) is 5.45. The summed E-state index contributed by atoms with van der Waals surface area (Å²) in [4.78, 5) is 1.91. The molecule has 3 aromatic rings. The van der Waals surface area contributed by atoms with Crippen LogP contribution in [0.25, 0.3) is 0 Å². The van der Waals surface area contributed by atoms with Crippen LogP contribution in [0.4, 0.5) is 0 Å².